The number of methoxy groups -OCH3 is 2. The Labute approximate surface area is 96.9 Å². The third kappa shape index (κ3) is 4.47. The molecule has 0 saturated carbocycles. The second-order valence-corrected chi connectivity index (χ2v) is 4.08. The first-order valence-corrected chi connectivity index (χ1v) is 5.78. The molecule has 16 heavy (non-hydrogen) atoms. The van der Waals surface area contributed by atoms with Crippen molar-refractivity contribution in [1.29, 1.82) is 0 Å². The molecule has 1 fully saturated rings. The number of piperidine rings is 1. The summed E-state index contributed by atoms with van der Waals surface area (Å²) in [6, 6.07) is 0. The Morgan fingerprint density at radius 3 is 2.69 bits per heavy atom. The van der Waals surface area contributed by atoms with Crippen LogP contribution < -0.4 is 10.6 Å². The highest BCUT2D eigenvalue weighted by Crippen LogP contribution is 2.11. The summed E-state index contributed by atoms with van der Waals surface area (Å²) in [4.78, 5) is 11.8. The van der Waals surface area contributed by atoms with Crippen molar-refractivity contribution >= 4 is 5.91 Å². The van der Waals surface area contributed by atoms with Crippen molar-refractivity contribution in [2.45, 2.75) is 18.9 Å². The van der Waals surface area contributed by atoms with Gasteiger partial charge >= 0.3 is 0 Å². The lowest BCUT2D eigenvalue weighted by Crippen LogP contribution is -2.42. The number of nitrogens with one attached hydrogen (secondary N) is 2. The zero-order valence-electron chi connectivity index (χ0n) is 10.1. The summed E-state index contributed by atoms with van der Waals surface area (Å²) in [5.41, 5.74) is 0. The van der Waals surface area contributed by atoms with E-state index in [1.165, 1.54) is 0 Å². The third-order valence-electron chi connectivity index (χ3n) is 2.90. The normalized spacial score (nSPS) is 19.4. The Kier molecular flexibility index (Phi) is 6.37. The molecule has 1 amide bonds. The lowest BCUT2D eigenvalue weighted by molar-refractivity contribution is -0.126. The van der Waals surface area contributed by atoms with Crippen molar-refractivity contribution in [3.05, 3.63) is 0 Å². The van der Waals surface area contributed by atoms with Crippen LogP contribution in [0, 0.1) is 5.92 Å². The molecule has 0 bridgehead atoms. The van der Waals surface area contributed by atoms with Crippen LogP contribution in [0.4, 0.5) is 0 Å². The Morgan fingerprint density at radius 2 is 2.12 bits per heavy atom. The van der Waals surface area contributed by atoms with E-state index in [9.17, 15) is 4.79 Å². The molecule has 5 heteroatoms. The van der Waals surface area contributed by atoms with E-state index in [0.29, 0.717) is 13.2 Å². The van der Waals surface area contributed by atoms with E-state index < -0.39 is 0 Å². The maximum atomic E-state index is 11.8. The summed E-state index contributed by atoms with van der Waals surface area (Å²) in [6.07, 6.45) is 1.79. The lowest BCUT2D eigenvalue weighted by Gasteiger charge is -2.23. The summed E-state index contributed by atoms with van der Waals surface area (Å²) >= 11 is 0. The molecule has 0 aromatic carbocycles. The van der Waals surface area contributed by atoms with Gasteiger partial charge in [-0.05, 0) is 25.9 Å². The summed E-state index contributed by atoms with van der Waals surface area (Å²) in [7, 11) is 3.25. The van der Waals surface area contributed by atoms with E-state index >= 15 is 0 Å². The van der Waals surface area contributed by atoms with Crippen molar-refractivity contribution in [2.24, 2.45) is 5.92 Å². The van der Waals surface area contributed by atoms with Crippen molar-refractivity contribution in [1.82, 2.24) is 10.6 Å². The Bertz CT molecular complexity index is 205. The molecule has 1 heterocycles. The van der Waals surface area contributed by atoms with Crippen LogP contribution in [0.1, 0.15) is 12.8 Å². The van der Waals surface area contributed by atoms with Gasteiger partial charge in [-0.3, -0.25) is 4.79 Å². The monoisotopic (exact) mass is 230 g/mol. The first-order valence-electron chi connectivity index (χ1n) is 5.78. The molecule has 1 rings (SSSR count). The molecule has 5 nitrogen and oxygen atoms in total. The molecule has 0 aliphatic carbocycles. The molecule has 0 radical (unpaired) electrons. The zero-order valence-corrected chi connectivity index (χ0v) is 10.1. The number of carbonyl (C=O) groups is 1. The van der Waals surface area contributed by atoms with Crippen LogP contribution in [0.15, 0.2) is 0 Å². The molecule has 1 saturated heterocycles. The minimum absolute atomic E-state index is 0.0596. The van der Waals surface area contributed by atoms with Gasteiger partial charge in [-0.15, -0.1) is 0 Å². The van der Waals surface area contributed by atoms with Gasteiger partial charge in [-0.2, -0.15) is 0 Å². The molecule has 94 valence electrons. The highest BCUT2D eigenvalue weighted by molar-refractivity contribution is 5.78. The molecule has 0 aromatic rings. The van der Waals surface area contributed by atoms with Crippen LogP contribution >= 0.6 is 0 Å². The fraction of sp³-hybridized carbons (Fsp3) is 0.909. The second-order valence-electron chi connectivity index (χ2n) is 4.08. The number of hydrogen-bond acceptors (Lipinski definition) is 4. The van der Waals surface area contributed by atoms with Gasteiger partial charge in [-0.1, -0.05) is 0 Å². The third-order valence-corrected chi connectivity index (χ3v) is 2.90. The van der Waals surface area contributed by atoms with E-state index in [2.05, 4.69) is 10.6 Å². The van der Waals surface area contributed by atoms with Crippen molar-refractivity contribution in [2.75, 3.05) is 40.5 Å². The van der Waals surface area contributed by atoms with E-state index in [1.807, 2.05) is 0 Å². The van der Waals surface area contributed by atoms with Gasteiger partial charge in [-0.25, -0.2) is 0 Å². The van der Waals surface area contributed by atoms with E-state index in [0.717, 1.165) is 25.9 Å². The standard InChI is InChI=1S/C11H22N2O3/c1-15-8-10(16-2)7-13-11(14)9-3-5-12-6-4-9/h9-10,12H,3-8H2,1-2H3,(H,13,14). The molecule has 1 atom stereocenters. The predicted octanol–water partition coefficient (Wildman–Crippen LogP) is -0.236. The highest BCUT2D eigenvalue weighted by Gasteiger charge is 2.21. The Balaban J connectivity index is 2.22. The fourth-order valence-electron chi connectivity index (χ4n) is 1.84. The molecular weight excluding hydrogens is 208 g/mol. The van der Waals surface area contributed by atoms with E-state index in [-0.39, 0.29) is 17.9 Å². The van der Waals surface area contributed by atoms with Gasteiger partial charge in [0.1, 0.15) is 0 Å². The molecule has 0 spiro atoms. The fourth-order valence-corrected chi connectivity index (χ4v) is 1.84. The summed E-state index contributed by atoms with van der Waals surface area (Å²) in [5, 5.41) is 6.16. The highest BCUT2D eigenvalue weighted by atomic mass is 16.5. The summed E-state index contributed by atoms with van der Waals surface area (Å²) < 4.78 is 10.2. The van der Waals surface area contributed by atoms with Crippen LogP contribution in [0.25, 0.3) is 0 Å². The number of carbonyl (C=O) groups excluding carboxylic acids is 1. The number of hydrogen-bond donors (Lipinski definition) is 2. The first kappa shape index (κ1) is 13.4. The molecule has 1 aliphatic heterocycles. The topological polar surface area (TPSA) is 59.6 Å². The van der Waals surface area contributed by atoms with E-state index in [1.54, 1.807) is 14.2 Å². The lowest BCUT2D eigenvalue weighted by atomic mass is 9.97. The number of amides is 1. The van der Waals surface area contributed by atoms with Gasteiger partial charge < -0.3 is 20.1 Å². The summed E-state index contributed by atoms with van der Waals surface area (Å²) in [6.45, 7) is 2.89. The molecule has 1 aliphatic rings. The Morgan fingerprint density at radius 1 is 1.44 bits per heavy atom. The second kappa shape index (κ2) is 7.60. The molecule has 1 unspecified atom stereocenters. The minimum atomic E-state index is -0.0596. The van der Waals surface area contributed by atoms with Crippen LogP contribution in [0.5, 0.6) is 0 Å². The van der Waals surface area contributed by atoms with Gasteiger partial charge in [0.05, 0.1) is 12.7 Å². The summed E-state index contributed by atoms with van der Waals surface area (Å²) in [5.74, 6) is 0.293. The minimum Gasteiger partial charge on any atom is -0.382 e. The van der Waals surface area contributed by atoms with Crippen LogP contribution in [0.2, 0.25) is 0 Å². The quantitative estimate of drug-likeness (QED) is 0.661. The van der Waals surface area contributed by atoms with Crippen molar-refractivity contribution < 1.29 is 14.3 Å². The first-order chi connectivity index (χ1) is 7.77. The predicted molar refractivity (Wildman–Crippen MR) is 61.3 cm³/mol. The van der Waals surface area contributed by atoms with Gasteiger partial charge in [0.25, 0.3) is 0 Å². The van der Waals surface area contributed by atoms with Gasteiger partial charge in [0, 0.05) is 26.7 Å². The zero-order chi connectivity index (χ0) is 11.8. The SMILES string of the molecule is COCC(CNC(=O)C1CCNCC1)OC. The van der Waals surface area contributed by atoms with E-state index in [4.69, 9.17) is 9.47 Å². The smallest absolute Gasteiger partial charge is 0.223 e. The van der Waals surface area contributed by atoms with Gasteiger partial charge in [0.2, 0.25) is 5.91 Å². The van der Waals surface area contributed by atoms with Crippen molar-refractivity contribution in [3.8, 4) is 0 Å². The number of ether oxygens (including phenoxy) is 2. The molecule has 2 N–H and O–H groups in total. The molecule has 0 aromatic heterocycles. The van der Waals surface area contributed by atoms with Gasteiger partial charge in [0.15, 0.2) is 0 Å². The average molecular weight is 230 g/mol. The molecular formula is C11H22N2O3. The largest absolute Gasteiger partial charge is 0.382 e. The van der Waals surface area contributed by atoms with Crippen LogP contribution in [-0.2, 0) is 14.3 Å². The maximum absolute atomic E-state index is 11.8. The maximum Gasteiger partial charge on any atom is 0.223 e. The average Bonchev–Trinajstić information content (AvgIpc) is 2.35. The number of rotatable bonds is 6. The van der Waals surface area contributed by atoms with Crippen molar-refractivity contribution in [3.63, 3.8) is 0 Å². The van der Waals surface area contributed by atoms with Crippen LogP contribution in [0.3, 0.4) is 0 Å². The Hall–Kier alpha value is -0.650. The van der Waals surface area contributed by atoms with Crippen LogP contribution in [-0.4, -0.2) is 52.5 Å².